The van der Waals surface area contributed by atoms with Gasteiger partial charge in [-0.3, -0.25) is 13.9 Å². The molecule has 0 aliphatic heterocycles. The van der Waals surface area contributed by atoms with Crippen LogP contribution in [0.4, 0.5) is 10.1 Å². The zero-order valence-corrected chi connectivity index (χ0v) is 24.7. The highest BCUT2D eigenvalue weighted by atomic mass is 35.5. The molecule has 1 N–H and O–H groups in total. The zero-order chi connectivity index (χ0) is 29.4. The molecule has 0 fully saturated rings. The van der Waals surface area contributed by atoms with Crippen molar-refractivity contribution >= 4 is 39.1 Å². The number of carbonyl (C=O) groups excluding carboxylic acids is 2. The summed E-state index contributed by atoms with van der Waals surface area (Å²) < 4.78 is 42.3. The SMILES string of the molecule is CCCCNC(=O)[C@H](C)N(Cc1ccc(F)cc1)C(=O)CN(c1ccc(C)c(C)c1)S(=O)(=O)c1ccc(Cl)cc1. The van der Waals surface area contributed by atoms with Crippen LogP contribution in [0.5, 0.6) is 0 Å². The standard InChI is InChI=1S/C30H35ClFN3O4S/c1-5-6-17-33-30(37)23(4)34(19-24-8-12-26(32)13-9-24)29(36)20-35(27-14-7-21(2)22(3)18-27)40(38,39)28-15-10-25(31)11-16-28/h7-16,18,23H,5-6,17,19-20H2,1-4H3,(H,33,37)/t23-/m0/s1. The molecule has 0 aliphatic carbocycles. The summed E-state index contributed by atoms with van der Waals surface area (Å²) in [7, 11) is -4.19. The molecule has 3 aromatic carbocycles. The Bertz CT molecular complexity index is 1430. The highest BCUT2D eigenvalue weighted by Crippen LogP contribution is 2.27. The molecule has 3 aromatic rings. The Morgan fingerprint density at radius 2 is 1.62 bits per heavy atom. The zero-order valence-electron chi connectivity index (χ0n) is 23.2. The van der Waals surface area contributed by atoms with Crippen molar-refractivity contribution in [2.75, 3.05) is 17.4 Å². The van der Waals surface area contributed by atoms with Gasteiger partial charge in [0.1, 0.15) is 18.4 Å². The van der Waals surface area contributed by atoms with Crippen molar-refractivity contribution in [2.45, 2.75) is 58.0 Å². The predicted molar refractivity (Wildman–Crippen MR) is 156 cm³/mol. The Morgan fingerprint density at radius 3 is 2.23 bits per heavy atom. The van der Waals surface area contributed by atoms with Gasteiger partial charge in [-0.2, -0.15) is 0 Å². The van der Waals surface area contributed by atoms with Crippen molar-refractivity contribution in [1.82, 2.24) is 10.2 Å². The summed E-state index contributed by atoms with van der Waals surface area (Å²) in [5, 5.41) is 3.21. The van der Waals surface area contributed by atoms with Gasteiger partial charge in [0, 0.05) is 18.1 Å². The van der Waals surface area contributed by atoms with Gasteiger partial charge in [0.05, 0.1) is 10.6 Å². The lowest BCUT2D eigenvalue weighted by molar-refractivity contribution is -0.139. The van der Waals surface area contributed by atoms with E-state index in [2.05, 4.69) is 5.32 Å². The molecule has 0 heterocycles. The summed E-state index contributed by atoms with van der Waals surface area (Å²) in [6.07, 6.45) is 1.67. The molecule has 40 heavy (non-hydrogen) atoms. The van der Waals surface area contributed by atoms with Crippen molar-refractivity contribution in [3.8, 4) is 0 Å². The van der Waals surface area contributed by atoms with Gasteiger partial charge >= 0.3 is 0 Å². The summed E-state index contributed by atoms with van der Waals surface area (Å²) in [5.74, 6) is -1.37. The first kappa shape index (κ1) is 31.1. The molecule has 3 rings (SSSR count). The molecular formula is C30H35ClFN3O4S. The van der Waals surface area contributed by atoms with Crippen LogP contribution in [0.15, 0.2) is 71.6 Å². The quantitative estimate of drug-likeness (QED) is 0.279. The molecule has 0 radical (unpaired) electrons. The van der Waals surface area contributed by atoms with E-state index >= 15 is 0 Å². The van der Waals surface area contributed by atoms with Crippen molar-refractivity contribution in [3.05, 3.63) is 94.3 Å². The van der Waals surface area contributed by atoms with Crippen LogP contribution in [0.25, 0.3) is 0 Å². The fourth-order valence-corrected chi connectivity index (χ4v) is 5.58. The van der Waals surface area contributed by atoms with E-state index in [1.807, 2.05) is 20.8 Å². The maximum atomic E-state index is 13.9. The molecule has 2 amide bonds. The Morgan fingerprint density at radius 1 is 0.975 bits per heavy atom. The summed E-state index contributed by atoms with van der Waals surface area (Å²) >= 11 is 5.99. The highest BCUT2D eigenvalue weighted by molar-refractivity contribution is 7.92. The lowest BCUT2D eigenvalue weighted by Crippen LogP contribution is -2.51. The molecule has 0 spiro atoms. The van der Waals surface area contributed by atoms with E-state index in [4.69, 9.17) is 11.6 Å². The van der Waals surface area contributed by atoms with E-state index in [1.54, 1.807) is 25.1 Å². The van der Waals surface area contributed by atoms with E-state index in [0.29, 0.717) is 22.8 Å². The normalized spacial score (nSPS) is 12.1. The number of hydrogen-bond acceptors (Lipinski definition) is 4. The molecule has 0 saturated carbocycles. The van der Waals surface area contributed by atoms with E-state index < -0.39 is 34.3 Å². The molecule has 1 atom stereocenters. The van der Waals surface area contributed by atoms with E-state index in [-0.39, 0.29) is 17.3 Å². The summed E-state index contributed by atoms with van der Waals surface area (Å²) in [6.45, 7) is 7.25. The highest BCUT2D eigenvalue weighted by Gasteiger charge is 2.32. The van der Waals surface area contributed by atoms with E-state index in [0.717, 1.165) is 28.3 Å². The summed E-state index contributed by atoms with van der Waals surface area (Å²) in [4.78, 5) is 28.2. The monoisotopic (exact) mass is 587 g/mol. The van der Waals surface area contributed by atoms with Crippen molar-refractivity contribution in [1.29, 1.82) is 0 Å². The Hall–Kier alpha value is -3.43. The maximum Gasteiger partial charge on any atom is 0.264 e. The Kier molecular flexibility index (Phi) is 10.7. The fourth-order valence-electron chi connectivity index (χ4n) is 4.05. The predicted octanol–water partition coefficient (Wildman–Crippen LogP) is 5.62. The lowest BCUT2D eigenvalue weighted by Gasteiger charge is -2.32. The second kappa shape index (κ2) is 13.8. The first-order valence-corrected chi connectivity index (χ1v) is 14.9. The van der Waals surface area contributed by atoms with Crippen molar-refractivity contribution in [3.63, 3.8) is 0 Å². The van der Waals surface area contributed by atoms with Crippen LogP contribution in [-0.2, 0) is 26.2 Å². The van der Waals surface area contributed by atoms with Crippen LogP contribution < -0.4 is 9.62 Å². The van der Waals surface area contributed by atoms with Gasteiger partial charge in [-0.25, -0.2) is 12.8 Å². The topological polar surface area (TPSA) is 86.8 Å². The molecule has 0 saturated heterocycles. The molecule has 10 heteroatoms. The molecule has 7 nitrogen and oxygen atoms in total. The number of halogens is 2. The lowest BCUT2D eigenvalue weighted by atomic mass is 10.1. The number of rotatable bonds is 12. The number of amides is 2. The maximum absolute atomic E-state index is 13.9. The van der Waals surface area contributed by atoms with Gasteiger partial charge in [-0.15, -0.1) is 0 Å². The number of carbonyl (C=O) groups is 2. The van der Waals surface area contributed by atoms with Gasteiger partial charge in [-0.05, 0) is 92.4 Å². The number of anilines is 1. The smallest absolute Gasteiger partial charge is 0.264 e. The van der Waals surface area contributed by atoms with Gasteiger partial charge in [0.2, 0.25) is 11.8 Å². The molecule has 0 unspecified atom stereocenters. The van der Waals surface area contributed by atoms with Crippen LogP contribution in [0.1, 0.15) is 43.4 Å². The van der Waals surface area contributed by atoms with Crippen LogP contribution >= 0.6 is 11.6 Å². The van der Waals surface area contributed by atoms with Crippen LogP contribution in [0.3, 0.4) is 0 Å². The van der Waals surface area contributed by atoms with Crippen LogP contribution in [0.2, 0.25) is 5.02 Å². The number of nitrogens with zero attached hydrogens (tertiary/aromatic N) is 2. The minimum atomic E-state index is -4.19. The van der Waals surface area contributed by atoms with Crippen molar-refractivity contribution < 1.29 is 22.4 Å². The van der Waals surface area contributed by atoms with Gasteiger partial charge in [-0.1, -0.05) is 43.1 Å². The molecular weight excluding hydrogens is 553 g/mol. The van der Waals surface area contributed by atoms with Crippen molar-refractivity contribution in [2.24, 2.45) is 0 Å². The molecule has 0 aliphatic rings. The number of sulfonamides is 1. The Balaban J connectivity index is 2.02. The summed E-state index contributed by atoms with van der Waals surface area (Å²) in [5.41, 5.74) is 2.73. The first-order valence-electron chi connectivity index (χ1n) is 13.1. The number of unbranched alkanes of at least 4 members (excludes halogenated alkanes) is 1. The number of benzene rings is 3. The third-order valence-electron chi connectivity index (χ3n) is 6.72. The molecule has 214 valence electrons. The average molecular weight is 588 g/mol. The number of aryl methyl sites for hydroxylation is 2. The third kappa shape index (κ3) is 7.82. The molecule has 0 aromatic heterocycles. The fraction of sp³-hybridized carbons (Fsp3) is 0.333. The van der Waals surface area contributed by atoms with E-state index in [1.165, 1.54) is 53.4 Å². The number of hydrogen-bond donors (Lipinski definition) is 1. The molecule has 0 bridgehead atoms. The van der Waals surface area contributed by atoms with E-state index in [9.17, 15) is 22.4 Å². The minimum Gasteiger partial charge on any atom is -0.354 e. The summed E-state index contributed by atoms with van der Waals surface area (Å²) in [6, 6.07) is 15.6. The average Bonchev–Trinajstić information content (AvgIpc) is 2.92. The van der Waals surface area contributed by atoms with Gasteiger partial charge < -0.3 is 10.2 Å². The second-order valence-electron chi connectivity index (χ2n) is 9.70. The largest absolute Gasteiger partial charge is 0.354 e. The van der Waals surface area contributed by atoms with Crippen LogP contribution in [-0.4, -0.2) is 44.3 Å². The van der Waals surface area contributed by atoms with Gasteiger partial charge in [0.15, 0.2) is 0 Å². The Labute approximate surface area is 241 Å². The minimum absolute atomic E-state index is 0.0107. The first-order chi connectivity index (χ1) is 18.9. The number of nitrogens with one attached hydrogen (secondary N) is 1. The van der Waals surface area contributed by atoms with Gasteiger partial charge in [0.25, 0.3) is 10.0 Å². The second-order valence-corrected chi connectivity index (χ2v) is 12.0. The third-order valence-corrected chi connectivity index (χ3v) is 8.76. The van der Waals surface area contributed by atoms with Crippen LogP contribution in [0, 0.1) is 19.7 Å².